The zero-order chi connectivity index (χ0) is 14.5. The zero-order valence-corrected chi connectivity index (χ0v) is 11.9. The summed E-state index contributed by atoms with van der Waals surface area (Å²) in [5, 5.41) is 6.29. The van der Waals surface area contributed by atoms with Gasteiger partial charge in [0.25, 0.3) is 0 Å². The second-order valence-corrected chi connectivity index (χ2v) is 5.27. The molecule has 2 N–H and O–H groups in total. The topological polar surface area (TPSA) is 54.0 Å². The number of carbonyl (C=O) groups is 1. The molecule has 21 heavy (non-hydrogen) atoms. The molecule has 0 saturated carbocycles. The quantitative estimate of drug-likeness (QED) is 0.892. The van der Waals surface area contributed by atoms with Crippen LogP contribution in [-0.4, -0.2) is 23.5 Å². The average Bonchev–Trinajstić information content (AvgIpc) is 2.55. The molecule has 0 bridgehead atoms. The average molecular weight is 281 g/mol. The summed E-state index contributed by atoms with van der Waals surface area (Å²) in [7, 11) is 0. The van der Waals surface area contributed by atoms with Crippen molar-refractivity contribution in [1.82, 2.24) is 15.6 Å². The molecule has 0 aliphatic carbocycles. The van der Waals surface area contributed by atoms with Gasteiger partial charge in [0, 0.05) is 31.4 Å². The van der Waals surface area contributed by atoms with Gasteiger partial charge in [-0.05, 0) is 29.7 Å². The molecule has 1 aliphatic rings. The summed E-state index contributed by atoms with van der Waals surface area (Å²) >= 11 is 0. The lowest BCUT2D eigenvalue weighted by molar-refractivity contribution is -0.123. The second-order valence-electron chi connectivity index (χ2n) is 5.27. The molecule has 0 radical (unpaired) electrons. The van der Waals surface area contributed by atoms with Crippen LogP contribution in [-0.2, 0) is 24.2 Å². The number of nitrogens with zero attached hydrogens (tertiary/aromatic N) is 1. The van der Waals surface area contributed by atoms with Gasteiger partial charge in [-0.2, -0.15) is 0 Å². The molecular weight excluding hydrogens is 262 g/mol. The Balaban J connectivity index is 1.50. The van der Waals surface area contributed by atoms with Crippen molar-refractivity contribution < 1.29 is 4.79 Å². The van der Waals surface area contributed by atoms with Crippen LogP contribution in [0.2, 0.25) is 0 Å². The van der Waals surface area contributed by atoms with Gasteiger partial charge in [0.2, 0.25) is 5.91 Å². The Kier molecular flexibility index (Phi) is 4.26. The monoisotopic (exact) mass is 281 g/mol. The predicted molar refractivity (Wildman–Crippen MR) is 81.7 cm³/mol. The van der Waals surface area contributed by atoms with Gasteiger partial charge in [0.1, 0.15) is 0 Å². The van der Waals surface area contributed by atoms with E-state index in [2.05, 4.69) is 27.8 Å². The van der Waals surface area contributed by atoms with Gasteiger partial charge in [-0.15, -0.1) is 0 Å². The molecule has 1 aromatic carbocycles. The Morgan fingerprint density at radius 2 is 2.00 bits per heavy atom. The van der Waals surface area contributed by atoms with E-state index in [-0.39, 0.29) is 11.9 Å². The van der Waals surface area contributed by atoms with E-state index in [1.165, 1.54) is 11.1 Å². The molecule has 0 spiro atoms. The van der Waals surface area contributed by atoms with Crippen LogP contribution in [0.15, 0.2) is 48.7 Å². The number of rotatable bonds is 4. The number of carbonyl (C=O) groups excluding carboxylic acids is 1. The maximum atomic E-state index is 12.2. The number of amides is 1. The molecule has 2 aromatic rings. The van der Waals surface area contributed by atoms with Crippen LogP contribution in [0.5, 0.6) is 0 Å². The highest BCUT2D eigenvalue weighted by atomic mass is 16.2. The predicted octanol–water partition coefficient (Wildman–Crippen LogP) is 1.45. The molecule has 1 atom stereocenters. The van der Waals surface area contributed by atoms with Crippen molar-refractivity contribution in [3.63, 3.8) is 0 Å². The maximum absolute atomic E-state index is 12.2. The number of hydrogen-bond acceptors (Lipinski definition) is 3. The normalized spacial score (nSPS) is 17.0. The first-order valence-corrected chi connectivity index (χ1v) is 7.31. The standard InChI is InChI=1S/C17H19N3O/c21-17(19-10-8-15-7-3-4-9-18-15)16-11-13-5-1-2-6-14(13)12-20-16/h1-7,9,16,20H,8,10-12H2,(H,19,21)/t16-/m1/s1. The minimum atomic E-state index is -0.136. The lowest BCUT2D eigenvalue weighted by Gasteiger charge is -2.25. The molecule has 1 aromatic heterocycles. The summed E-state index contributed by atoms with van der Waals surface area (Å²) in [6.45, 7) is 1.38. The first-order valence-electron chi connectivity index (χ1n) is 7.31. The van der Waals surface area contributed by atoms with Crippen LogP contribution in [0.3, 0.4) is 0 Å². The third-order valence-electron chi connectivity index (χ3n) is 3.80. The zero-order valence-electron chi connectivity index (χ0n) is 11.9. The molecule has 1 amide bonds. The molecule has 4 nitrogen and oxygen atoms in total. The third kappa shape index (κ3) is 3.47. The summed E-state index contributed by atoms with van der Waals surface area (Å²) in [4.78, 5) is 16.5. The van der Waals surface area contributed by atoms with Crippen molar-refractivity contribution in [3.05, 3.63) is 65.5 Å². The van der Waals surface area contributed by atoms with Crippen molar-refractivity contribution in [2.24, 2.45) is 0 Å². The number of hydrogen-bond donors (Lipinski definition) is 2. The van der Waals surface area contributed by atoms with Crippen LogP contribution in [0.1, 0.15) is 16.8 Å². The second kappa shape index (κ2) is 6.50. The van der Waals surface area contributed by atoms with E-state index in [0.717, 1.165) is 25.1 Å². The Morgan fingerprint density at radius 3 is 2.81 bits per heavy atom. The summed E-state index contributed by atoms with van der Waals surface area (Å²) in [5.74, 6) is 0.0698. The Morgan fingerprint density at radius 1 is 1.19 bits per heavy atom. The van der Waals surface area contributed by atoms with Crippen molar-refractivity contribution >= 4 is 5.91 Å². The van der Waals surface area contributed by atoms with Crippen molar-refractivity contribution in [2.75, 3.05) is 6.54 Å². The van der Waals surface area contributed by atoms with Crippen LogP contribution in [0, 0.1) is 0 Å². The number of pyridine rings is 1. The summed E-state index contributed by atoms with van der Waals surface area (Å²) < 4.78 is 0. The minimum Gasteiger partial charge on any atom is -0.354 e. The molecule has 108 valence electrons. The van der Waals surface area contributed by atoms with E-state index >= 15 is 0 Å². The lowest BCUT2D eigenvalue weighted by Crippen LogP contribution is -2.48. The van der Waals surface area contributed by atoms with Gasteiger partial charge in [-0.25, -0.2) is 0 Å². The maximum Gasteiger partial charge on any atom is 0.237 e. The van der Waals surface area contributed by atoms with Gasteiger partial charge in [-0.1, -0.05) is 30.3 Å². The third-order valence-corrected chi connectivity index (χ3v) is 3.80. The fourth-order valence-corrected chi connectivity index (χ4v) is 2.62. The van der Waals surface area contributed by atoms with Crippen molar-refractivity contribution in [3.8, 4) is 0 Å². The highest BCUT2D eigenvalue weighted by molar-refractivity contribution is 5.82. The first-order chi connectivity index (χ1) is 10.3. The van der Waals surface area contributed by atoms with Gasteiger partial charge in [-0.3, -0.25) is 9.78 Å². The fourth-order valence-electron chi connectivity index (χ4n) is 2.62. The van der Waals surface area contributed by atoms with E-state index in [1.807, 2.05) is 30.3 Å². The van der Waals surface area contributed by atoms with Gasteiger partial charge in [0.15, 0.2) is 0 Å². The summed E-state index contributed by atoms with van der Waals surface area (Å²) in [6.07, 6.45) is 3.29. The molecule has 1 aliphatic heterocycles. The fraction of sp³-hybridized carbons (Fsp3) is 0.294. The van der Waals surface area contributed by atoms with Gasteiger partial charge in [0.05, 0.1) is 6.04 Å². The SMILES string of the molecule is O=C(NCCc1ccccn1)[C@H]1Cc2ccccc2CN1. The largest absolute Gasteiger partial charge is 0.354 e. The Hall–Kier alpha value is -2.20. The van der Waals surface area contributed by atoms with Crippen molar-refractivity contribution in [2.45, 2.75) is 25.4 Å². The summed E-state index contributed by atoms with van der Waals surface area (Å²) in [6, 6.07) is 14.0. The summed E-state index contributed by atoms with van der Waals surface area (Å²) in [5.41, 5.74) is 3.55. The smallest absolute Gasteiger partial charge is 0.237 e. The van der Waals surface area contributed by atoms with Gasteiger partial charge >= 0.3 is 0 Å². The number of aromatic nitrogens is 1. The van der Waals surface area contributed by atoms with E-state index in [0.29, 0.717) is 6.54 Å². The van der Waals surface area contributed by atoms with E-state index in [4.69, 9.17) is 0 Å². The molecular formula is C17H19N3O. The van der Waals surface area contributed by atoms with E-state index < -0.39 is 0 Å². The Bertz CT molecular complexity index is 612. The molecule has 4 heteroatoms. The first kappa shape index (κ1) is 13.8. The lowest BCUT2D eigenvalue weighted by atomic mass is 9.95. The highest BCUT2D eigenvalue weighted by Gasteiger charge is 2.23. The molecule has 0 fully saturated rings. The minimum absolute atomic E-state index is 0.0698. The molecule has 3 rings (SSSR count). The van der Waals surface area contributed by atoms with Crippen LogP contribution < -0.4 is 10.6 Å². The van der Waals surface area contributed by atoms with Crippen molar-refractivity contribution in [1.29, 1.82) is 0 Å². The molecule has 0 saturated heterocycles. The molecule has 0 unspecified atom stereocenters. The molecule has 2 heterocycles. The van der Waals surface area contributed by atoms with E-state index in [9.17, 15) is 4.79 Å². The van der Waals surface area contributed by atoms with Crippen LogP contribution in [0.4, 0.5) is 0 Å². The van der Waals surface area contributed by atoms with Gasteiger partial charge < -0.3 is 10.6 Å². The number of fused-ring (bicyclic) bond motifs is 1. The highest BCUT2D eigenvalue weighted by Crippen LogP contribution is 2.16. The number of nitrogens with one attached hydrogen (secondary N) is 2. The Labute approximate surface area is 124 Å². The number of benzene rings is 1. The van der Waals surface area contributed by atoms with Crippen LogP contribution >= 0.6 is 0 Å². The van der Waals surface area contributed by atoms with E-state index in [1.54, 1.807) is 6.20 Å². The van der Waals surface area contributed by atoms with Crippen LogP contribution in [0.25, 0.3) is 0 Å².